The van der Waals surface area contributed by atoms with Gasteiger partial charge in [0, 0.05) is 18.0 Å². The maximum absolute atomic E-state index is 12.7. The number of nitrogens with one attached hydrogen (secondary N) is 1. The molecule has 2 aliphatic carbocycles. The Bertz CT molecular complexity index is 971. The molecule has 1 N–H and O–H groups in total. The summed E-state index contributed by atoms with van der Waals surface area (Å²) < 4.78 is 5.60. The van der Waals surface area contributed by atoms with Crippen LogP contribution in [-0.2, 0) is 27.8 Å². The number of rotatable bonds is 6. The van der Waals surface area contributed by atoms with Crippen LogP contribution in [-0.4, -0.2) is 18.5 Å². The van der Waals surface area contributed by atoms with Gasteiger partial charge in [0.25, 0.3) is 0 Å². The molecule has 2 aromatic carbocycles. The van der Waals surface area contributed by atoms with Crippen LogP contribution in [0.3, 0.4) is 0 Å². The molecule has 0 radical (unpaired) electrons. The highest BCUT2D eigenvalue weighted by atomic mass is 16.5. The minimum absolute atomic E-state index is 0.122. The van der Waals surface area contributed by atoms with E-state index in [-0.39, 0.29) is 23.2 Å². The van der Waals surface area contributed by atoms with Crippen LogP contribution in [0.5, 0.6) is 0 Å². The van der Waals surface area contributed by atoms with Crippen molar-refractivity contribution in [1.82, 2.24) is 0 Å². The number of amides is 1. The first-order valence-electron chi connectivity index (χ1n) is 11.5. The highest BCUT2D eigenvalue weighted by Gasteiger charge is 2.29. The van der Waals surface area contributed by atoms with Crippen molar-refractivity contribution in [3.8, 4) is 0 Å². The number of hydrogen-bond acceptors (Lipinski definition) is 3. The third-order valence-electron chi connectivity index (χ3n) is 6.97. The van der Waals surface area contributed by atoms with Gasteiger partial charge in [-0.2, -0.15) is 0 Å². The van der Waals surface area contributed by atoms with Crippen LogP contribution in [0.2, 0.25) is 0 Å². The normalized spacial score (nSPS) is 17.4. The summed E-state index contributed by atoms with van der Waals surface area (Å²) in [5.74, 6) is 0.0574. The summed E-state index contributed by atoms with van der Waals surface area (Å²) in [6.07, 6.45) is 7.18. The van der Waals surface area contributed by atoms with E-state index in [9.17, 15) is 9.59 Å². The third-order valence-corrected chi connectivity index (χ3v) is 6.97. The van der Waals surface area contributed by atoms with Crippen LogP contribution < -0.4 is 5.32 Å². The van der Waals surface area contributed by atoms with Crippen LogP contribution in [0.15, 0.2) is 36.4 Å². The third kappa shape index (κ3) is 4.84. The fraction of sp³-hybridized carbons (Fsp3) is 0.481. The Balaban J connectivity index is 1.31. The second-order valence-corrected chi connectivity index (χ2v) is 9.76. The largest absolute Gasteiger partial charge is 0.462 e. The summed E-state index contributed by atoms with van der Waals surface area (Å²) in [6.45, 7) is 6.91. The van der Waals surface area contributed by atoms with Crippen LogP contribution >= 0.6 is 0 Å². The van der Waals surface area contributed by atoms with Gasteiger partial charge in [-0.1, -0.05) is 38.5 Å². The number of anilines is 1. The highest BCUT2D eigenvalue weighted by Crippen LogP contribution is 2.38. The van der Waals surface area contributed by atoms with Crippen molar-refractivity contribution in [2.75, 3.05) is 11.9 Å². The van der Waals surface area contributed by atoms with E-state index in [1.165, 1.54) is 17.5 Å². The van der Waals surface area contributed by atoms with E-state index >= 15 is 0 Å². The topological polar surface area (TPSA) is 55.4 Å². The number of carbonyl (C=O) groups excluding carboxylic acids is 2. The summed E-state index contributed by atoms with van der Waals surface area (Å²) in [4.78, 5) is 24.8. The predicted octanol–water partition coefficient (Wildman–Crippen LogP) is 5.75. The molecular formula is C27H33NO3. The molecule has 1 saturated carbocycles. The van der Waals surface area contributed by atoms with Gasteiger partial charge in [0.15, 0.2) is 0 Å². The molecule has 31 heavy (non-hydrogen) atoms. The van der Waals surface area contributed by atoms with Crippen molar-refractivity contribution in [2.45, 2.75) is 71.1 Å². The Kier molecular flexibility index (Phi) is 6.17. The number of aryl methyl sites for hydroxylation is 2. The van der Waals surface area contributed by atoms with Gasteiger partial charge in [0.05, 0.1) is 12.2 Å². The second kappa shape index (κ2) is 8.86. The van der Waals surface area contributed by atoms with E-state index in [2.05, 4.69) is 25.2 Å². The standard InChI is InChI=1S/C27H33NO3/c1-18-16-24-21(8-5-14-27(24,2)3)17-23(18)26(30)31-15-13-19-9-11-22(12-10-19)28-25(29)20-6-4-7-20/h9-12,16-17,20H,4-8,13-15H2,1-3H3,(H,28,29). The van der Waals surface area contributed by atoms with Gasteiger partial charge in [-0.3, -0.25) is 4.79 Å². The summed E-state index contributed by atoms with van der Waals surface area (Å²) in [7, 11) is 0. The molecule has 4 heteroatoms. The van der Waals surface area contributed by atoms with Gasteiger partial charge < -0.3 is 10.1 Å². The number of carbonyl (C=O) groups is 2. The number of ether oxygens (including phenoxy) is 1. The summed E-state index contributed by atoms with van der Waals surface area (Å²) in [5, 5.41) is 2.98. The van der Waals surface area contributed by atoms with Crippen LogP contribution in [0.4, 0.5) is 5.69 Å². The van der Waals surface area contributed by atoms with Gasteiger partial charge in [-0.15, -0.1) is 0 Å². The smallest absolute Gasteiger partial charge is 0.338 e. The first kappa shape index (κ1) is 21.6. The zero-order chi connectivity index (χ0) is 22.0. The van der Waals surface area contributed by atoms with E-state index in [0.29, 0.717) is 18.6 Å². The Morgan fingerprint density at radius 3 is 2.52 bits per heavy atom. The predicted molar refractivity (Wildman–Crippen MR) is 124 cm³/mol. The summed E-state index contributed by atoms with van der Waals surface area (Å²) >= 11 is 0. The molecule has 0 atom stereocenters. The van der Waals surface area contributed by atoms with Gasteiger partial charge in [0.1, 0.15) is 0 Å². The lowest BCUT2D eigenvalue weighted by Gasteiger charge is -2.33. The van der Waals surface area contributed by atoms with Gasteiger partial charge in [0.2, 0.25) is 5.91 Å². The number of benzene rings is 2. The first-order valence-corrected chi connectivity index (χ1v) is 11.5. The fourth-order valence-corrected chi connectivity index (χ4v) is 4.67. The van der Waals surface area contributed by atoms with E-state index in [1.54, 1.807) is 0 Å². The molecule has 0 aliphatic heterocycles. The van der Waals surface area contributed by atoms with Gasteiger partial charge >= 0.3 is 5.97 Å². The highest BCUT2D eigenvalue weighted by molar-refractivity contribution is 5.93. The molecule has 2 aliphatic rings. The van der Waals surface area contributed by atoms with Crippen molar-refractivity contribution in [3.63, 3.8) is 0 Å². The quantitative estimate of drug-likeness (QED) is 0.607. The average Bonchev–Trinajstić information content (AvgIpc) is 2.68. The Morgan fingerprint density at radius 2 is 1.84 bits per heavy atom. The Hall–Kier alpha value is -2.62. The lowest BCUT2D eigenvalue weighted by atomic mass is 9.72. The van der Waals surface area contributed by atoms with E-state index in [0.717, 1.165) is 48.9 Å². The van der Waals surface area contributed by atoms with Crippen LogP contribution in [0.25, 0.3) is 0 Å². The number of fused-ring (bicyclic) bond motifs is 1. The minimum Gasteiger partial charge on any atom is -0.462 e. The molecule has 164 valence electrons. The molecule has 0 aromatic heterocycles. The molecule has 0 bridgehead atoms. The zero-order valence-electron chi connectivity index (χ0n) is 18.9. The number of hydrogen-bond donors (Lipinski definition) is 1. The van der Waals surface area contributed by atoms with Gasteiger partial charge in [-0.05, 0) is 84.9 Å². The second-order valence-electron chi connectivity index (χ2n) is 9.76. The molecule has 0 saturated heterocycles. The van der Waals surface area contributed by atoms with Crippen molar-refractivity contribution >= 4 is 17.6 Å². The van der Waals surface area contributed by atoms with E-state index in [1.807, 2.05) is 37.3 Å². The Morgan fingerprint density at radius 1 is 1.10 bits per heavy atom. The lowest BCUT2D eigenvalue weighted by Crippen LogP contribution is -2.27. The average molecular weight is 420 g/mol. The lowest BCUT2D eigenvalue weighted by molar-refractivity contribution is -0.122. The molecule has 4 rings (SSSR count). The first-order chi connectivity index (χ1) is 14.8. The molecule has 4 nitrogen and oxygen atoms in total. The van der Waals surface area contributed by atoms with E-state index < -0.39 is 0 Å². The van der Waals surface area contributed by atoms with Crippen LogP contribution in [0, 0.1) is 12.8 Å². The molecule has 1 fully saturated rings. The maximum atomic E-state index is 12.7. The molecular weight excluding hydrogens is 386 g/mol. The van der Waals surface area contributed by atoms with Crippen LogP contribution in [0.1, 0.15) is 78.6 Å². The summed E-state index contributed by atoms with van der Waals surface area (Å²) in [6, 6.07) is 12.0. The number of esters is 1. The molecule has 0 spiro atoms. The monoisotopic (exact) mass is 419 g/mol. The van der Waals surface area contributed by atoms with E-state index in [4.69, 9.17) is 4.74 Å². The van der Waals surface area contributed by atoms with Crippen molar-refractivity contribution < 1.29 is 14.3 Å². The Labute approximate surface area is 185 Å². The van der Waals surface area contributed by atoms with Crippen molar-refractivity contribution in [2.24, 2.45) is 5.92 Å². The minimum atomic E-state index is -0.243. The maximum Gasteiger partial charge on any atom is 0.338 e. The molecule has 0 heterocycles. The molecule has 1 amide bonds. The molecule has 0 unspecified atom stereocenters. The SMILES string of the molecule is Cc1cc2c(cc1C(=O)OCCc1ccc(NC(=O)C3CCC3)cc1)CCCC2(C)C. The molecule has 2 aromatic rings. The van der Waals surface area contributed by atoms with Crippen molar-refractivity contribution in [3.05, 3.63) is 64.2 Å². The summed E-state index contributed by atoms with van der Waals surface area (Å²) in [5.41, 5.74) is 6.41. The van der Waals surface area contributed by atoms with Crippen molar-refractivity contribution in [1.29, 1.82) is 0 Å². The van der Waals surface area contributed by atoms with Gasteiger partial charge in [-0.25, -0.2) is 4.79 Å². The zero-order valence-corrected chi connectivity index (χ0v) is 18.9. The fourth-order valence-electron chi connectivity index (χ4n) is 4.67.